The van der Waals surface area contributed by atoms with Crippen LogP contribution in [0.5, 0.6) is 0 Å². The van der Waals surface area contributed by atoms with Crippen LogP contribution in [0.15, 0.2) is 39.2 Å². The first kappa shape index (κ1) is 24.6. The van der Waals surface area contributed by atoms with Gasteiger partial charge in [0, 0.05) is 18.2 Å². The monoisotopic (exact) mass is 496 g/mol. The number of hydrogen-bond donors (Lipinski definition) is 2. The first-order valence-corrected chi connectivity index (χ1v) is 10.6. The molecule has 0 unspecified atom stereocenters. The molecular weight excluding hydrogens is 476 g/mol. The average molecular weight is 496 g/mol. The number of esters is 2. The van der Waals surface area contributed by atoms with Crippen LogP contribution in [0.4, 0.5) is 4.79 Å². The fraction of sp³-hybridized carbons (Fsp3) is 0.368. The third kappa shape index (κ3) is 5.31. The molecule has 0 radical (unpaired) electrons. The van der Waals surface area contributed by atoms with Crippen molar-refractivity contribution in [3.05, 3.63) is 35.4 Å². The molecule has 1 aromatic rings. The van der Waals surface area contributed by atoms with Crippen LogP contribution in [-0.2, 0) is 38.2 Å². The van der Waals surface area contributed by atoms with Gasteiger partial charge in [-0.2, -0.15) is 0 Å². The number of amides is 3. The fourth-order valence-corrected chi connectivity index (χ4v) is 4.42. The summed E-state index contributed by atoms with van der Waals surface area (Å²) in [5.41, 5.74) is 4.87. The predicted molar refractivity (Wildman–Crippen MR) is 113 cm³/mol. The number of ether oxygens (including phenoxy) is 3. The van der Waals surface area contributed by atoms with E-state index in [-0.39, 0.29) is 35.1 Å². The number of nitrogens with zero attached hydrogens (tertiary/aromatic N) is 2. The summed E-state index contributed by atoms with van der Waals surface area (Å²) in [6.45, 7) is 0.0846. The summed E-state index contributed by atoms with van der Waals surface area (Å²) in [6, 6.07) is 2.03. The van der Waals surface area contributed by atoms with Crippen molar-refractivity contribution in [2.45, 2.75) is 18.3 Å². The van der Waals surface area contributed by atoms with E-state index in [2.05, 4.69) is 20.0 Å². The lowest BCUT2D eigenvalue weighted by molar-refractivity contribution is -0.166. The minimum absolute atomic E-state index is 0.125. The lowest BCUT2D eigenvalue weighted by atomic mass is 10.0. The number of carbonyl (C=O) groups is 5. The Bertz CT molecular complexity index is 1050. The lowest BCUT2D eigenvalue weighted by Crippen LogP contribution is -2.71. The van der Waals surface area contributed by atoms with E-state index in [0.717, 1.165) is 11.8 Å². The van der Waals surface area contributed by atoms with Crippen LogP contribution in [0.2, 0.25) is 0 Å². The molecule has 0 bridgehead atoms. The third-order valence-electron chi connectivity index (χ3n) is 4.52. The SMILES string of the molecule is CO/N=C(\C(=O)N[C@@H]1C(=O)N2C(C(=O)OCOC(C)=O)=C(COC(N)=O)CS[C@H]12)c1ccco1. The number of β-lactam (4-membered cyclic amide) rings is 1. The highest BCUT2D eigenvalue weighted by Gasteiger charge is 2.55. The van der Waals surface area contributed by atoms with Crippen molar-refractivity contribution in [1.29, 1.82) is 0 Å². The number of rotatable bonds is 9. The smallest absolute Gasteiger partial charge is 0.404 e. The third-order valence-corrected chi connectivity index (χ3v) is 5.86. The minimum Gasteiger partial charge on any atom is -0.462 e. The Morgan fingerprint density at radius 1 is 1.29 bits per heavy atom. The molecule has 3 rings (SSSR count). The largest absolute Gasteiger partial charge is 0.462 e. The molecule has 0 saturated carbocycles. The Kier molecular flexibility index (Phi) is 7.78. The first-order chi connectivity index (χ1) is 16.2. The van der Waals surface area contributed by atoms with Gasteiger partial charge in [0.2, 0.25) is 12.5 Å². The molecule has 0 aliphatic carbocycles. The number of primary amides is 1. The molecule has 1 saturated heterocycles. The van der Waals surface area contributed by atoms with Crippen molar-refractivity contribution in [3.8, 4) is 0 Å². The van der Waals surface area contributed by atoms with Gasteiger partial charge in [-0.3, -0.25) is 19.3 Å². The summed E-state index contributed by atoms with van der Waals surface area (Å²) in [7, 11) is 1.25. The van der Waals surface area contributed by atoms with Crippen LogP contribution in [-0.4, -0.2) is 78.1 Å². The molecule has 1 fully saturated rings. The molecule has 2 aliphatic heterocycles. The summed E-state index contributed by atoms with van der Waals surface area (Å²) in [4.78, 5) is 66.1. The van der Waals surface area contributed by atoms with Crippen LogP contribution in [0.25, 0.3) is 0 Å². The first-order valence-electron chi connectivity index (χ1n) is 9.59. The molecule has 3 amide bonds. The van der Waals surface area contributed by atoms with Gasteiger partial charge in [0.15, 0.2) is 5.76 Å². The zero-order valence-corrected chi connectivity index (χ0v) is 18.8. The maximum absolute atomic E-state index is 12.9. The number of furan rings is 1. The molecule has 2 aliphatic rings. The fourth-order valence-electron chi connectivity index (χ4n) is 3.09. The van der Waals surface area contributed by atoms with Gasteiger partial charge in [-0.05, 0) is 12.1 Å². The van der Waals surface area contributed by atoms with Gasteiger partial charge in [0.25, 0.3) is 11.8 Å². The topological polar surface area (TPSA) is 189 Å². The van der Waals surface area contributed by atoms with Crippen LogP contribution in [0.1, 0.15) is 12.7 Å². The predicted octanol–water partition coefficient (Wildman–Crippen LogP) is -0.557. The van der Waals surface area contributed by atoms with E-state index in [0.29, 0.717) is 0 Å². The van der Waals surface area contributed by atoms with E-state index in [1.807, 2.05) is 0 Å². The number of thioether (sulfide) groups is 1. The Balaban J connectivity index is 1.78. The standard InChI is InChI=1S/C19H20N4O10S/c1-9(24)32-8-33-18(27)14-10(6-31-19(20)28)7-34-17-13(16(26)23(14)17)21-15(25)12(22-29-2)11-4-3-5-30-11/h3-5,13,17H,6-8H2,1-2H3,(H2,20,28)(H,21,25)/b22-12-/t13-,17-/m1/s1. The maximum Gasteiger partial charge on any atom is 0.404 e. The Labute approximate surface area is 196 Å². The van der Waals surface area contributed by atoms with Gasteiger partial charge in [-0.1, -0.05) is 5.16 Å². The molecule has 3 N–H and O–H groups in total. The summed E-state index contributed by atoms with van der Waals surface area (Å²) < 4.78 is 19.4. The van der Waals surface area contributed by atoms with E-state index in [4.69, 9.17) is 19.6 Å². The summed E-state index contributed by atoms with van der Waals surface area (Å²) in [5, 5.41) is 5.52. The second-order valence-corrected chi connectivity index (χ2v) is 7.81. The van der Waals surface area contributed by atoms with E-state index < -0.39 is 48.1 Å². The molecule has 0 spiro atoms. The molecule has 3 heterocycles. The summed E-state index contributed by atoms with van der Waals surface area (Å²) in [6.07, 6.45) is 0.269. The molecule has 15 heteroatoms. The van der Waals surface area contributed by atoms with E-state index in [1.54, 1.807) is 6.07 Å². The van der Waals surface area contributed by atoms with Crippen molar-refractivity contribution in [2.75, 3.05) is 26.3 Å². The van der Waals surface area contributed by atoms with Crippen LogP contribution >= 0.6 is 11.8 Å². The Morgan fingerprint density at radius 2 is 2.06 bits per heavy atom. The number of fused-ring (bicyclic) bond motifs is 1. The molecule has 2 atom stereocenters. The maximum atomic E-state index is 12.9. The second kappa shape index (κ2) is 10.7. The minimum atomic E-state index is -1.07. The summed E-state index contributed by atoms with van der Waals surface area (Å²) in [5.74, 6) is -2.74. The van der Waals surface area contributed by atoms with Gasteiger partial charge in [-0.15, -0.1) is 11.8 Å². The van der Waals surface area contributed by atoms with Gasteiger partial charge >= 0.3 is 18.0 Å². The van der Waals surface area contributed by atoms with Gasteiger partial charge in [-0.25, -0.2) is 9.59 Å². The number of oxime groups is 1. The molecule has 34 heavy (non-hydrogen) atoms. The average Bonchev–Trinajstić information content (AvgIpc) is 3.32. The zero-order chi connectivity index (χ0) is 24.8. The molecule has 14 nitrogen and oxygen atoms in total. The number of nitrogens with two attached hydrogens (primary N) is 1. The van der Waals surface area contributed by atoms with Crippen molar-refractivity contribution in [1.82, 2.24) is 10.2 Å². The van der Waals surface area contributed by atoms with E-state index in [1.165, 1.54) is 31.2 Å². The molecule has 0 aromatic carbocycles. The van der Waals surface area contributed by atoms with Crippen molar-refractivity contribution in [2.24, 2.45) is 10.9 Å². The number of nitrogens with one attached hydrogen (secondary N) is 1. The molecule has 182 valence electrons. The highest BCUT2D eigenvalue weighted by Crippen LogP contribution is 2.40. The number of hydrogen-bond acceptors (Lipinski definition) is 12. The van der Waals surface area contributed by atoms with Crippen molar-refractivity contribution >= 4 is 47.3 Å². The quantitative estimate of drug-likeness (QED) is 0.147. The number of carbonyl (C=O) groups excluding carboxylic acids is 5. The van der Waals surface area contributed by atoms with E-state index in [9.17, 15) is 24.0 Å². The molecule has 1 aromatic heterocycles. The normalized spacial score (nSPS) is 19.5. The van der Waals surface area contributed by atoms with Crippen LogP contribution < -0.4 is 11.1 Å². The highest BCUT2D eigenvalue weighted by atomic mass is 32.2. The van der Waals surface area contributed by atoms with Gasteiger partial charge < -0.3 is 34.5 Å². The Morgan fingerprint density at radius 3 is 2.68 bits per heavy atom. The van der Waals surface area contributed by atoms with E-state index >= 15 is 0 Å². The zero-order valence-electron chi connectivity index (χ0n) is 18.0. The second-order valence-electron chi connectivity index (χ2n) is 6.71. The Hall–Kier alpha value is -4.01. The lowest BCUT2D eigenvalue weighted by Gasteiger charge is -2.49. The van der Waals surface area contributed by atoms with Crippen molar-refractivity contribution in [3.63, 3.8) is 0 Å². The molecular formula is C19H20N4O10S. The van der Waals surface area contributed by atoms with Gasteiger partial charge in [0.05, 0.1) is 6.26 Å². The van der Waals surface area contributed by atoms with Crippen LogP contribution in [0.3, 0.4) is 0 Å². The van der Waals surface area contributed by atoms with Crippen molar-refractivity contribution < 1.29 is 47.4 Å². The highest BCUT2D eigenvalue weighted by molar-refractivity contribution is 8.00. The van der Waals surface area contributed by atoms with Crippen LogP contribution in [0, 0.1) is 0 Å². The summed E-state index contributed by atoms with van der Waals surface area (Å²) >= 11 is 1.21. The van der Waals surface area contributed by atoms with Gasteiger partial charge in [0.1, 0.15) is 30.8 Å².